The van der Waals surface area contributed by atoms with Crippen molar-refractivity contribution in [3.8, 4) is 0 Å². The van der Waals surface area contributed by atoms with E-state index in [1.54, 1.807) is 7.05 Å². The maximum absolute atomic E-state index is 11.9. The van der Waals surface area contributed by atoms with Gasteiger partial charge in [-0.05, 0) is 37.0 Å². The molecule has 1 aromatic heterocycles. The molecule has 160 valence electrons. The van der Waals surface area contributed by atoms with E-state index in [-0.39, 0.29) is 5.91 Å². The molecule has 1 fully saturated rings. The topological polar surface area (TPSA) is 87.4 Å². The van der Waals surface area contributed by atoms with Crippen LogP contribution in [0.4, 0.5) is 5.69 Å². The van der Waals surface area contributed by atoms with Gasteiger partial charge in [0.25, 0.3) is 0 Å². The number of nitrogens with zero attached hydrogens (tertiary/aromatic N) is 5. The number of fused-ring (bicyclic) bond motifs is 1. The Bertz CT molecular complexity index is 887. The number of nitrogens with one attached hydrogen (secondary N) is 2. The Morgan fingerprint density at radius 1 is 1.03 bits per heavy atom. The van der Waals surface area contributed by atoms with Crippen LogP contribution in [0.5, 0.6) is 0 Å². The molecule has 4 rings (SSSR count). The molecule has 2 aliphatic rings. The number of amides is 1. The van der Waals surface area contributed by atoms with Crippen molar-refractivity contribution in [3.63, 3.8) is 0 Å². The van der Waals surface area contributed by atoms with Gasteiger partial charge in [0.2, 0.25) is 5.91 Å². The van der Waals surface area contributed by atoms with Gasteiger partial charge in [0.1, 0.15) is 11.6 Å². The van der Waals surface area contributed by atoms with E-state index in [2.05, 4.69) is 42.5 Å². The standard InChI is InChI=1S/C22H31N7O/c1-23-22(24-13-12-20-27-26-19-6-3-2-4-14-29(19)20)25-16-17-8-10-18(11-9-17)28-15-5-7-21(28)30/h8-11H,2-7,12-16H2,1H3,(H2,23,24,25). The lowest BCUT2D eigenvalue weighted by molar-refractivity contribution is -0.117. The first-order valence-electron chi connectivity index (χ1n) is 11.0. The molecule has 1 saturated heterocycles. The van der Waals surface area contributed by atoms with Crippen molar-refractivity contribution >= 4 is 17.6 Å². The predicted molar refractivity (Wildman–Crippen MR) is 118 cm³/mol. The highest BCUT2D eigenvalue weighted by molar-refractivity contribution is 5.95. The summed E-state index contributed by atoms with van der Waals surface area (Å²) < 4.78 is 2.29. The monoisotopic (exact) mass is 409 g/mol. The summed E-state index contributed by atoms with van der Waals surface area (Å²) in [6.45, 7) is 3.29. The third kappa shape index (κ3) is 4.80. The number of rotatable bonds is 6. The molecule has 2 aromatic rings. The van der Waals surface area contributed by atoms with Crippen LogP contribution < -0.4 is 15.5 Å². The largest absolute Gasteiger partial charge is 0.356 e. The molecule has 2 N–H and O–H groups in total. The molecule has 8 heteroatoms. The van der Waals surface area contributed by atoms with Crippen LogP contribution in [0.2, 0.25) is 0 Å². The lowest BCUT2D eigenvalue weighted by atomic mass is 10.2. The molecule has 0 aliphatic carbocycles. The summed E-state index contributed by atoms with van der Waals surface area (Å²) in [4.78, 5) is 18.1. The number of aliphatic imine (C=N–C) groups is 1. The Kier molecular flexibility index (Phi) is 6.61. The minimum Gasteiger partial charge on any atom is -0.356 e. The van der Waals surface area contributed by atoms with Crippen molar-refractivity contribution in [1.82, 2.24) is 25.4 Å². The maximum Gasteiger partial charge on any atom is 0.227 e. The minimum absolute atomic E-state index is 0.218. The smallest absolute Gasteiger partial charge is 0.227 e. The number of carbonyl (C=O) groups excluding carboxylic acids is 1. The van der Waals surface area contributed by atoms with Crippen molar-refractivity contribution in [3.05, 3.63) is 41.5 Å². The van der Waals surface area contributed by atoms with Crippen molar-refractivity contribution in [2.75, 3.05) is 25.0 Å². The van der Waals surface area contributed by atoms with E-state index in [0.29, 0.717) is 13.0 Å². The van der Waals surface area contributed by atoms with Crippen LogP contribution in [0.3, 0.4) is 0 Å². The third-order valence-corrected chi connectivity index (χ3v) is 5.83. The molecule has 0 radical (unpaired) electrons. The number of anilines is 1. The van der Waals surface area contributed by atoms with E-state index in [4.69, 9.17) is 0 Å². The van der Waals surface area contributed by atoms with Crippen molar-refractivity contribution in [1.29, 1.82) is 0 Å². The quantitative estimate of drug-likeness (QED) is 0.563. The first-order valence-corrected chi connectivity index (χ1v) is 11.0. The molecule has 0 unspecified atom stereocenters. The number of hydrogen-bond donors (Lipinski definition) is 2. The highest BCUT2D eigenvalue weighted by Gasteiger charge is 2.21. The van der Waals surface area contributed by atoms with Crippen LogP contribution >= 0.6 is 0 Å². The number of carbonyl (C=O) groups is 1. The molecular weight excluding hydrogens is 378 g/mol. The second kappa shape index (κ2) is 9.73. The number of aromatic nitrogens is 3. The molecule has 2 aliphatic heterocycles. The average molecular weight is 410 g/mol. The summed E-state index contributed by atoms with van der Waals surface area (Å²) in [6.07, 6.45) is 7.15. The molecule has 8 nitrogen and oxygen atoms in total. The summed E-state index contributed by atoms with van der Waals surface area (Å²) in [7, 11) is 1.78. The van der Waals surface area contributed by atoms with Gasteiger partial charge in [-0.25, -0.2) is 0 Å². The fourth-order valence-electron chi connectivity index (χ4n) is 4.14. The van der Waals surface area contributed by atoms with Gasteiger partial charge in [-0.1, -0.05) is 18.6 Å². The SMILES string of the molecule is CN=C(NCCc1nnc2n1CCCCC2)NCc1ccc(N2CCCC2=O)cc1. The molecule has 30 heavy (non-hydrogen) atoms. The highest BCUT2D eigenvalue weighted by atomic mass is 16.2. The zero-order valence-electron chi connectivity index (χ0n) is 17.7. The van der Waals surface area contributed by atoms with Gasteiger partial charge in [0.05, 0.1) is 0 Å². The summed E-state index contributed by atoms with van der Waals surface area (Å²) in [5, 5.41) is 15.5. The Balaban J connectivity index is 1.24. The predicted octanol–water partition coefficient (Wildman–Crippen LogP) is 2.04. The fourth-order valence-corrected chi connectivity index (χ4v) is 4.14. The molecule has 0 bridgehead atoms. The van der Waals surface area contributed by atoms with Gasteiger partial charge >= 0.3 is 0 Å². The molecule has 1 aromatic carbocycles. The first-order chi connectivity index (χ1) is 14.7. The van der Waals surface area contributed by atoms with E-state index in [1.807, 2.05) is 17.0 Å². The van der Waals surface area contributed by atoms with E-state index in [9.17, 15) is 4.79 Å². The van der Waals surface area contributed by atoms with Crippen LogP contribution in [0, 0.1) is 0 Å². The molecule has 0 spiro atoms. The Hall–Kier alpha value is -2.90. The molecule has 0 atom stereocenters. The Morgan fingerprint density at radius 3 is 2.67 bits per heavy atom. The van der Waals surface area contributed by atoms with Crippen LogP contribution in [0.1, 0.15) is 49.3 Å². The molecule has 3 heterocycles. The number of guanidine groups is 1. The maximum atomic E-state index is 11.9. The number of hydrogen-bond acceptors (Lipinski definition) is 4. The zero-order chi connectivity index (χ0) is 20.8. The van der Waals surface area contributed by atoms with Gasteiger partial charge in [0, 0.05) is 58.2 Å². The van der Waals surface area contributed by atoms with Gasteiger partial charge < -0.3 is 20.1 Å². The zero-order valence-corrected chi connectivity index (χ0v) is 17.7. The van der Waals surface area contributed by atoms with Crippen molar-refractivity contribution in [2.45, 2.75) is 58.0 Å². The highest BCUT2D eigenvalue weighted by Crippen LogP contribution is 2.21. The lowest BCUT2D eigenvalue weighted by Crippen LogP contribution is -2.38. The number of benzene rings is 1. The fraction of sp³-hybridized carbons (Fsp3) is 0.545. The van der Waals surface area contributed by atoms with Crippen LogP contribution in [0.25, 0.3) is 0 Å². The number of aryl methyl sites for hydroxylation is 1. The molecule has 1 amide bonds. The molecular formula is C22H31N7O. The van der Waals surface area contributed by atoms with E-state index in [0.717, 1.165) is 67.8 Å². The summed E-state index contributed by atoms with van der Waals surface area (Å²) in [5.74, 6) is 3.17. The summed E-state index contributed by atoms with van der Waals surface area (Å²) in [6, 6.07) is 8.17. The van der Waals surface area contributed by atoms with Crippen molar-refractivity contribution in [2.24, 2.45) is 4.99 Å². The second-order valence-corrected chi connectivity index (χ2v) is 7.91. The van der Waals surface area contributed by atoms with Crippen LogP contribution in [-0.4, -0.2) is 46.8 Å². The Labute approximate surface area is 177 Å². The summed E-state index contributed by atoms with van der Waals surface area (Å²) >= 11 is 0. The van der Waals surface area contributed by atoms with Gasteiger partial charge in [-0.3, -0.25) is 9.79 Å². The molecule has 0 saturated carbocycles. The minimum atomic E-state index is 0.218. The van der Waals surface area contributed by atoms with Crippen LogP contribution in [0.15, 0.2) is 29.3 Å². The third-order valence-electron chi connectivity index (χ3n) is 5.83. The Morgan fingerprint density at radius 2 is 1.90 bits per heavy atom. The van der Waals surface area contributed by atoms with Crippen LogP contribution in [-0.2, 0) is 30.7 Å². The van der Waals surface area contributed by atoms with E-state index in [1.165, 1.54) is 19.3 Å². The van der Waals surface area contributed by atoms with Crippen molar-refractivity contribution < 1.29 is 4.79 Å². The van der Waals surface area contributed by atoms with Gasteiger partial charge in [0.15, 0.2) is 5.96 Å². The van der Waals surface area contributed by atoms with E-state index >= 15 is 0 Å². The summed E-state index contributed by atoms with van der Waals surface area (Å²) in [5.41, 5.74) is 2.13. The van der Waals surface area contributed by atoms with E-state index < -0.39 is 0 Å². The van der Waals surface area contributed by atoms with Gasteiger partial charge in [-0.15, -0.1) is 10.2 Å². The van der Waals surface area contributed by atoms with Gasteiger partial charge in [-0.2, -0.15) is 0 Å². The lowest BCUT2D eigenvalue weighted by Gasteiger charge is -2.16. The second-order valence-electron chi connectivity index (χ2n) is 7.91. The normalized spacial score (nSPS) is 17.0. The first kappa shape index (κ1) is 20.4. The average Bonchev–Trinajstić information content (AvgIpc) is 3.29.